The maximum absolute atomic E-state index is 12.3. The third kappa shape index (κ3) is 4.09. The summed E-state index contributed by atoms with van der Waals surface area (Å²) < 4.78 is 25.7. The second-order valence-electron chi connectivity index (χ2n) is 7.96. The number of nitrogens with two attached hydrogens (primary N) is 1. The third-order valence-electron chi connectivity index (χ3n) is 5.24. The molecule has 0 aliphatic carbocycles. The van der Waals surface area contributed by atoms with Gasteiger partial charge in [-0.15, -0.1) is 0 Å². The van der Waals surface area contributed by atoms with E-state index in [9.17, 15) is 14.8 Å². The number of anilines is 1. The van der Waals surface area contributed by atoms with Crippen LogP contribution >= 0.6 is 8.03 Å². The molecule has 3 rings (SSSR count). The van der Waals surface area contributed by atoms with E-state index in [1.165, 1.54) is 6.33 Å². The molecule has 2 aromatic heterocycles. The minimum absolute atomic E-state index is 0.0200. The molecule has 3 heterocycles. The zero-order chi connectivity index (χ0) is 20.6. The molecule has 10 heteroatoms. The topological polar surface area (TPSA) is 133 Å². The number of hydrogen-bond donors (Lipinski definition) is 3. The molecule has 6 atom stereocenters. The van der Waals surface area contributed by atoms with E-state index in [1.807, 2.05) is 27.7 Å². The fraction of sp³-hybridized carbons (Fsp3) is 0.667. The summed E-state index contributed by atoms with van der Waals surface area (Å²) in [5, 5.41) is 21.7. The molecule has 0 aromatic carbocycles. The standard InChI is InChI=1S/C18H29N4O5P/c1-5-10(2)28(25)27-18(3,4)8-12-13(23)14(24)17(26-12)22-7-6-11-15(19)20-9-21-16(11)22/h6-7,9-10,12-14,17,23-24,28H,5,8H2,1-4H3,(H2,19,20,21)/t10?,12-,13-,14-,17?/m1/s1. The summed E-state index contributed by atoms with van der Waals surface area (Å²) in [6.07, 6.45) is 0.310. The lowest BCUT2D eigenvalue weighted by atomic mass is 9.97. The number of aliphatic hydroxyl groups excluding tert-OH is 2. The lowest BCUT2D eigenvalue weighted by Crippen LogP contribution is -2.36. The molecule has 4 N–H and O–H groups in total. The number of nitrogens with zero attached hydrogens (tertiary/aromatic N) is 3. The SMILES string of the molecule is CCC(C)[PH](=O)OC(C)(C)C[C@H]1OC(n2ccc3c(N)ncnc32)[C@H](O)[C@@H]1O. The molecule has 0 spiro atoms. The summed E-state index contributed by atoms with van der Waals surface area (Å²) in [4.78, 5) is 8.16. The van der Waals surface area contributed by atoms with Crippen molar-refractivity contribution in [2.24, 2.45) is 0 Å². The van der Waals surface area contributed by atoms with Gasteiger partial charge in [0, 0.05) is 18.3 Å². The molecule has 1 aliphatic rings. The molecule has 3 unspecified atom stereocenters. The first-order valence-electron chi connectivity index (χ1n) is 9.46. The van der Waals surface area contributed by atoms with Crippen LogP contribution in [-0.2, 0) is 13.8 Å². The molecule has 156 valence electrons. The highest BCUT2D eigenvalue weighted by atomic mass is 31.1. The summed E-state index contributed by atoms with van der Waals surface area (Å²) in [6.45, 7) is 7.48. The highest BCUT2D eigenvalue weighted by Gasteiger charge is 2.46. The van der Waals surface area contributed by atoms with Crippen LogP contribution in [0.5, 0.6) is 0 Å². The molecular formula is C18H29N4O5P. The molecule has 1 saturated heterocycles. The second-order valence-corrected chi connectivity index (χ2v) is 9.79. The van der Waals surface area contributed by atoms with Crippen molar-refractivity contribution in [2.45, 2.75) is 76.3 Å². The van der Waals surface area contributed by atoms with E-state index in [0.29, 0.717) is 16.9 Å². The third-order valence-corrected chi connectivity index (χ3v) is 7.20. The molecule has 0 bridgehead atoms. The van der Waals surface area contributed by atoms with Crippen LogP contribution in [0.4, 0.5) is 5.82 Å². The number of fused-ring (bicyclic) bond motifs is 1. The second kappa shape index (κ2) is 8.08. The minimum Gasteiger partial charge on any atom is -0.388 e. The summed E-state index contributed by atoms with van der Waals surface area (Å²) in [7, 11) is -2.22. The van der Waals surface area contributed by atoms with E-state index in [2.05, 4.69) is 9.97 Å². The maximum atomic E-state index is 12.3. The van der Waals surface area contributed by atoms with Gasteiger partial charge in [0.15, 0.2) is 14.3 Å². The van der Waals surface area contributed by atoms with Crippen molar-refractivity contribution in [3.8, 4) is 0 Å². The number of ether oxygens (including phenoxy) is 1. The zero-order valence-electron chi connectivity index (χ0n) is 16.6. The van der Waals surface area contributed by atoms with E-state index in [0.717, 1.165) is 6.42 Å². The molecule has 0 saturated carbocycles. The van der Waals surface area contributed by atoms with Gasteiger partial charge in [-0.05, 0) is 26.3 Å². The number of aromatic nitrogens is 3. The number of hydrogen-bond acceptors (Lipinski definition) is 8. The fourth-order valence-corrected chi connectivity index (χ4v) is 4.55. The van der Waals surface area contributed by atoms with Crippen LogP contribution in [0.2, 0.25) is 0 Å². The monoisotopic (exact) mass is 412 g/mol. The van der Waals surface area contributed by atoms with Gasteiger partial charge in [-0.25, -0.2) is 9.97 Å². The Kier molecular flexibility index (Phi) is 6.12. The van der Waals surface area contributed by atoms with Crippen molar-refractivity contribution in [1.29, 1.82) is 0 Å². The van der Waals surface area contributed by atoms with Crippen molar-refractivity contribution in [3.63, 3.8) is 0 Å². The van der Waals surface area contributed by atoms with Gasteiger partial charge >= 0.3 is 0 Å². The van der Waals surface area contributed by atoms with Crippen LogP contribution in [0, 0.1) is 0 Å². The van der Waals surface area contributed by atoms with E-state index in [4.69, 9.17) is 15.0 Å². The van der Waals surface area contributed by atoms with E-state index in [-0.39, 0.29) is 12.1 Å². The Morgan fingerprint density at radius 3 is 2.79 bits per heavy atom. The van der Waals surface area contributed by atoms with E-state index < -0.39 is 38.2 Å². The van der Waals surface area contributed by atoms with Crippen molar-refractivity contribution < 1.29 is 24.0 Å². The maximum Gasteiger partial charge on any atom is 0.194 e. The highest BCUT2D eigenvalue weighted by Crippen LogP contribution is 2.41. The quantitative estimate of drug-likeness (QED) is 0.589. The first-order chi connectivity index (χ1) is 13.1. The molecule has 0 radical (unpaired) electrons. The van der Waals surface area contributed by atoms with Gasteiger partial charge in [0.1, 0.15) is 30.0 Å². The Bertz CT molecular complexity index is 858. The van der Waals surface area contributed by atoms with Gasteiger partial charge in [0.2, 0.25) is 0 Å². The largest absolute Gasteiger partial charge is 0.388 e. The number of nitrogen functional groups attached to an aromatic ring is 1. The Morgan fingerprint density at radius 1 is 1.39 bits per heavy atom. The average Bonchev–Trinajstić information content (AvgIpc) is 3.18. The van der Waals surface area contributed by atoms with Gasteiger partial charge in [-0.3, -0.25) is 4.57 Å². The molecule has 1 aliphatic heterocycles. The summed E-state index contributed by atoms with van der Waals surface area (Å²) in [5.41, 5.74) is 5.59. The summed E-state index contributed by atoms with van der Waals surface area (Å²) in [6, 6.07) is 1.74. The van der Waals surface area contributed by atoms with Crippen molar-refractivity contribution >= 4 is 24.9 Å². The highest BCUT2D eigenvalue weighted by molar-refractivity contribution is 7.40. The summed E-state index contributed by atoms with van der Waals surface area (Å²) in [5.74, 6) is 0.332. The van der Waals surface area contributed by atoms with Crippen LogP contribution in [0.1, 0.15) is 46.8 Å². The first-order valence-corrected chi connectivity index (χ1v) is 10.9. The van der Waals surface area contributed by atoms with Gasteiger partial charge in [-0.2, -0.15) is 0 Å². The molecule has 0 amide bonds. The molecular weight excluding hydrogens is 383 g/mol. The van der Waals surface area contributed by atoms with Crippen LogP contribution in [0.3, 0.4) is 0 Å². The molecule has 28 heavy (non-hydrogen) atoms. The van der Waals surface area contributed by atoms with E-state index >= 15 is 0 Å². The van der Waals surface area contributed by atoms with Crippen molar-refractivity contribution in [2.75, 3.05) is 5.73 Å². The lowest BCUT2D eigenvalue weighted by molar-refractivity contribution is -0.0576. The van der Waals surface area contributed by atoms with E-state index in [1.54, 1.807) is 16.8 Å². The predicted octanol–water partition coefficient (Wildman–Crippen LogP) is 2.09. The molecule has 9 nitrogen and oxygen atoms in total. The van der Waals surface area contributed by atoms with Crippen LogP contribution < -0.4 is 5.73 Å². The van der Waals surface area contributed by atoms with Crippen LogP contribution in [-0.4, -0.2) is 54.3 Å². The normalized spacial score (nSPS) is 27.9. The Balaban J connectivity index is 1.77. The lowest BCUT2D eigenvalue weighted by Gasteiger charge is -2.30. The van der Waals surface area contributed by atoms with Gasteiger partial charge in [0.05, 0.1) is 17.1 Å². The summed E-state index contributed by atoms with van der Waals surface area (Å²) >= 11 is 0. The van der Waals surface area contributed by atoms with Crippen molar-refractivity contribution in [3.05, 3.63) is 18.6 Å². The number of aliphatic hydroxyl groups is 2. The molecule has 1 fully saturated rings. The van der Waals surface area contributed by atoms with Crippen LogP contribution in [0.25, 0.3) is 11.0 Å². The fourth-order valence-electron chi connectivity index (χ4n) is 3.39. The smallest absolute Gasteiger partial charge is 0.194 e. The first kappa shape index (κ1) is 21.2. The van der Waals surface area contributed by atoms with Crippen molar-refractivity contribution in [1.82, 2.24) is 14.5 Å². The van der Waals surface area contributed by atoms with Gasteiger partial charge in [0.25, 0.3) is 0 Å². The Hall–Kier alpha value is -1.51. The zero-order valence-corrected chi connectivity index (χ0v) is 17.6. The Morgan fingerprint density at radius 2 is 2.11 bits per heavy atom. The minimum atomic E-state index is -2.22. The average molecular weight is 412 g/mol. The Labute approximate surface area is 164 Å². The van der Waals surface area contributed by atoms with Crippen LogP contribution in [0.15, 0.2) is 18.6 Å². The van der Waals surface area contributed by atoms with Gasteiger partial charge in [-0.1, -0.05) is 13.8 Å². The molecule has 2 aromatic rings. The van der Waals surface area contributed by atoms with Gasteiger partial charge < -0.3 is 29.8 Å². The number of rotatable bonds is 7. The predicted molar refractivity (Wildman–Crippen MR) is 106 cm³/mol.